The Labute approximate surface area is 142 Å². The number of aliphatic hydroxyl groups is 3. The van der Waals surface area contributed by atoms with Crippen LogP contribution in [0.1, 0.15) is 18.4 Å². The lowest BCUT2D eigenvalue weighted by atomic mass is 9.79. The number of carboxylic acids is 1. The first-order valence-electron chi connectivity index (χ1n) is 7.35. The number of aliphatic hydroxyl groups excluding tert-OH is 2. The van der Waals surface area contributed by atoms with Crippen LogP contribution in [0.4, 0.5) is 0 Å². The lowest BCUT2D eigenvalue weighted by Gasteiger charge is -2.39. The van der Waals surface area contributed by atoms with Crippen LogP contribution in [-0.2, 0) is 14.3 Å². The van der Waals surface area contributed by atoms with Gasteiger partial charge in [0.15, 0.2) is 17.1 Å². The highest BCUT2D eigenvalue weighted by Gasteiger charge is 2.50. The summed E-state index contributed by atoms with van der Waals surface area (Å²) in [7, 11) is 0. The highest BCUT2D eigenvalue weighted by Crippen LogP contribution is 2.31. The Kier molecular flexibility index (Phi) is 5.31. The predicted molar refractivity (Wildman–Crippen MR) is 82.5 cm³/mol. The first-order valence-corrected chi connectivity index (χ1v) is 7.35. The molecule has 0 spiro atoms. The van der Waals surface area contributed by atoms with E-state index in [0.29, 0.717) is 5.56 Å². The number of hydrogen-bond acceptors (Lipinski definition) is 8. The predicted octanol–water partition coefficient (Wildman–Crippen LogP) is -0.646. The van der Waals surface area contributed by atoms with E-state index in [4.69, 9.17) is 9.84 Å². The van der Waals surface area contributed by atoms with Gasteiger partial charge in [0.2, 0.25) is 0 Å². The van der Waals surface area contributed by atoms with Crippen LogP contribution < -0.4 is 0 Å². The maximum Gasteiger partial charge on any atom is 0.335 e. The van der Waals surface area contributed by atoms with Crippen LogP contribution in [0, 0.1) is 0 Å². The number of aromatic hydroxyl groups is 2. The maximum absolute atomic E-state index is 11.8. The normalized spacial score (nSPS) is 29.5. The van der Waals surface area contributed by atoms with Crippen molar-refractivity contribution in [3.05, 3.63) is 29.8 Å². The number of carbonyl (C=O) groups is 2. The van der Waals surface area contributed by atoms with Crippen LogP contribution in [0.3, 0.4) is 0 Å². The topological polar surface area (TPSA) is 165 Å². The number of carboxylic acid groups (broad SMARTS) is 1. The van der Waals surface area contributed by atoms with Crippen molar-refractivity contribution in [2.75, 3.05) is 0 Å². The second-order valence-electron chi connectivity index (χ2n) is 5.86. The molecule has 1 aromatic rings. The van der Waals surface area contributed by atoms with Crippen molar-refractivity contribution in [1.29, 1.82) is 0 Å². The average molecular weight is 354 g/mol. The Hall–Kier alpha value is -2.62. The number of rotatable bonds is 4. The van der Waals surface area contributed by atoms with Gasteiger partial charge >= 0.3 is 11.9 Å². The fourth-order valence-electron chi connectivity index (χ4n) is 2.53. The molecule has 0 aliphatic heterocycles. The molecule has 0 saturated heterocycles. The Morgan fingerprint density at radius 3 is 2.44 bits per heavy atom. The molecule has 1 saturated carbocycles. The van der Waals surface area contributed by atoms with E-state index in [9.17, 15) is 35.1 Å². The van der Waals surface area contributed by atoms with E-state index in [0.717, 1.165) is 6.08 Å². The van der Waals surface area contributed by atoms with Crippen molar-refractivity contribution in [1.82, 2.24) is 0 Å². The van der Waals surface area contributed by atoms with Crippen molar-refractivity contribution in [2.45, 2.75) is 36.8 Å². The third kappa shape index (κ3) is 4.27. The van der Waals surface area contributed by atoms with Crippen LogP contribution in [0.5, 0.6) is 11.5 Å². The summed E-state index contributed by atoms with van der Waals surface area (Å²) in [5, 5.41) is 57.0. The number of benzene rings is 1. The first kappa shape index (κ1) is 18.7. The number of ether oxygens (including phenoxy) is 1. The molecule has 9 heteroatoms. The zero-order valence-corrected chi connectivity index (χ0v) is 12.9. The summed E-state index contributed by atoms with van der Waals surface area (Å²) in [6.07, 6.45) is -3.44. The molecule has 1 aliphatic carbocycles. The molecule has 0 aromatic heterocycles. The molecule has 9 nitrogen and oxygen atoms in total. The molecule has 0 bridgehead atoms. The molecular formula is C16H18O9. The highest BCUT2D eigenvalue weighted by atomic mass is 16.6. The van der Waals surface area contributed by atoms with Crippen LogP contribution in [0.25, 0.3) is 6.08 Å². The first-order chi connectivity index (χ1) is 11.6. The molecule has 0 radical (unpaired) electrons. The third-order valence-electron chi connectivity index (χ3n) is 3.94. The number of carbonyl (C=O) groups excluding carboxylic acids is 1. The standard InChI is InChI=1S/C16H18O9/c17-9-3-1-8(5-10(9)18)2-4-13(20)25-12-7-16(24,15(22)23)6-11(19)14(12)21/h1-5,11-12,14,17-19,21,24H,6-7H2,(H,22,23)/b4-2-/t11?,12-,14+,16?/m1/s1. The fraction of sp³-hybridized carbons (Fsp3) is 0.375. The SMILES string of the molecule is O=C(/C=C\c1ccc(O)c(O)c1)O[C@@H]1CC(O)(C(=O)O)CC(O)[C@@H]1O. The molecule has 1 aliphatic rings. The van der Waals surface area contributed by atoms with Gasteiger partial charge in [-0.1, -0.05) is 6.07 Å². The summed E-state index contributed by atoms with van der Waals surface area (Å²) in [6, 6.07) is 3.83. The summed E-state index contributed by atoms with van der Waals surface area (Å²) >= 11 is 0. The summed E-state index contributed by atoms with van der Waals surface area (Å²) in [4.78, 5) is 22.9. The van der Waals surface area contributed by atoms with E-state index >= 15 is 0 Å². The molecule has 6 N–H and O–H groups in total. The van der Waals surface area contributed by atoms with Gasteiger partial charge in [0.25, 0.3) is 0 Å². The molecule has 25 heavy (non-hydrogen) atoms. The van der Waals surface area contributed by atoms with E-state index in [1.54, 1.807) is 0 Å². The number of hydrogen-bond donors (Lipinski definition) is 6. The fourth-order valence-corrected chi connectivity index (χ4v) is 2.53. The number of aliphatic carboxylic acids is 1. The van der Waals surface area contributed by atoms with Gasteiger partial charge in [-0.15, -0.1) is 0 Å². The molecular weight excluding hydrogens is 336 g/mol. The molecule has 2 rings (SSSR count). The third-order valence-corrected chi connectivity index (χ3v) is 3.94. The minimum absolute atomic E-state index is 0.327. The van der Waals surface area contributed by atoms with Crippen molar-refractivity contribution in [3.8, 4) is 11.5 Å². The van der Waals surface area contributed by atoms with Crippen molar-refractivity contribution in [3.63, 3.8) is 0 Å². The Balaban J connectivity index is 2.06. The van der Waals surface area contributed by atoms with Gasteiger partial charge in [-0.05, 0) is 23.8 Å². The lowest BCUT2D eigenvalue weighted by Crippen LogP contribution is -2.57. The quantitative estimate of drug-likeness (QED) is 0.234. The maximum atomic E-state index is 11.8. The molecule has 136 valence electrons. The molecule has 0 amide bonds. The Bertz CT molecular complexity index is 699. The number of phenolic OH excluding ortho intramolecular Hbond substituents is 2. The van der Waals surface area contributed by atoms with Gasteiger partial charge in [0.05, 0.1) is 6.10 Å². The molecule has 4 atom stereocenters. The Morgan fingerprint density at radius 2 is 1.84 bits per heavy atom. The monoisotopic (exact) mass is 354 g/mol. The zero-order valence-electron chi connectivity index (χ0n) is 12.9. The molecule has 0 heterocycles. The van der Waals surface area contributed by atoms with Crippen molar-refractivity contribution >= 4 is 18.0 Å². The zero-order chi connectivity index (χ0) is 18.8. The second kappa shape index (κ2) is 7.09. The van der Waals surface area contributed by atoms with E-state index in [2.05, 4.69) is 0 Å². The van der Waals surface area contributed by atoms with Crippen LogP contribution >= 0.6 is 0 Å². The Morgan fingerprint density at radius 1 is 1.16 bits per heavy atom. The van der Waals surface area contributed by atoms with E-state index < -0.39 is 48.7 Å². The summed E-state index contributed by atoms with van der Waals surface area (Å²) in [6.45, 7) is 0. The largest absolute Gasteiger partial charge is 0.504 e. The summed E-state index contributed by atoms with van der Waals surface area (Å²) in [5.41, 5.74) is -1.94. The van der Waals surface area contributed by atoms with Gasteiger partial charge < -0.3 is 35.4 Å². The summed E-state index contributed by atoms with van der Waals surface area (Å²) in [5.74, 6) is -3.24. The average Bonchev–Trinajstić information content (AvgIpc) is 2.53. The van der Waals surface area contributed by atoms with E-state index in [1.165, 1.54) is 24.3 Å². The molecule has 1 aromatic carbocycles. The van der Waals surface area contributed by atoms with E-state index in [1.807, 2.05) is 0 Å². The minimum Gasteiger partial charge on any atom is -0.504 e. The van der Waals surface area contributed by atoms with Gasteiger partial charge in [0.1, 0.15) is 12.2 Å². The van der Waals surface area contributed by atoms with Gasteiger partial charge in [-0.25, -0.2) is 9.59 Å². The lowest BCUT2D eigenvalue weighted by molar-refractivity contribution is -0.196. The van der Waals surface area contributed by atoms with E-state index in [-0.39, 0.29) is 11.5 Å². The number of phenols is 2. The van der Waals surface area contributed by atoms with Gasteiger partial charge in [-0.2, -0.15) is 0 Å². The van der Waals surface area contributed by atoms with Gasteiger partial charge in [-0.3, -0.25) is 0 Å². The smallest absolute Gasteiger partial charge is 0.335 e. The second-order valence-corrected chi connectivity index (χ2v) is 5.86. The van der Waals surface area contributed by atoms with Crippen LogP contribution in [0.2, 0.25) is 0 Å². The molecule has 1 fully saturated rings. The minimum atomic E-state index is -2.31. The van der Waals surface area contributed by atoms with Gasteiger partial charge in [0, 0.05) is 18.9 Å². The summed E-state index contributed by atoms with van der Waals surface area (Å²) < 4.78 is 4.92. The van der Waals surface area contributed by atoms with Crippen molar-refractivity contribution in [2.24, 2.45) is 0 Å². The van der Waals surface area contributed by atoms with Crippen molar-refractivity contribution < 1.29 is 45.0 Å². The highest BCUT2D eigenvalue weighted by molar-refractivity contribution is 5.87. The number of esters is 1. The molecule has 2 unspecified atom stereocenters. The van der Waals surface area contributed by atoms with Crippen LogP contribution in [-0.4, -0.2) is 66.5 Å². The van der Waals surface area contributed by atoms with Crippen LogP contribution in [0.15, 0.2) is 24.3 Å².